The lowest BCUT2D eigenvalue weighted by Gasteiger charge is -2.30. The number of aromatic nitrogens is 2. The molecule has 6 nitrogen and oxygen atoms in total. The lowest BCUT2D eigenvalue weighted by Crippen LogP contribution is -2.42. The second-order valence-corrected chi connectivity index (χ2v) is 6.76. The first-order valence-electron chi connectivity index (χ1n) is 8.17. The average molecular weight is 408 g/mol. The minimum atomic E-state index is -0.495. The molecule has 1 unspecified atom stereocenters. The molecule has 0 aliphatic carbocycles. The van der Waals surface area contributed by atoms with E-state index >= 15 is 0 Å². The van der Waals surface area contributed by atoms with Crippen LogP contribution in [0.4, 0.5) is 0 Å². The second-order valence-electron chi connectivity index (χ2n) is 5.91. The van der Waals surface area contributed by atoms with Crippen molar-refractivity contribution < 1.29 is 4.79 Å². The van der Waals surface area contributed by atoms with Crippen LogP contribution in [-0.2, 0) is 18.4 Å². The maximum Gasteiger partial charge on any atom is 0.331 e. The van der Waals surface area contributed by atoms with E-state index in [4.69, 9.17) is 0 Å². The Bertz CT molecular complexity index is 872. The van der Waals surface area contributed by atoms with Crippen molar-refractivity contribution in [2.45, 2.75) is 32.9 Å². The fourth-order valence-electron chi connectivity index (χ4n) is 2.73. The molecule has 7 heteroatoms. The molecule has 25 heavy (non-hydrogen) atoms. The summed E-state index contributed by atoms with van der Waals surface area (Å²) in [5, 5.41) is 0. The van der Waals surface area contributed by atoms with Crippen molar-refractivity contribution >= 4 is 21.8 Å². The Labute approximate surface area is 154 Å². The average Bonchev–Trinajstić information content (AvgIpc) is 2.60. The standard InChI is InChI=1S/C18H22BrN3O3/c1-4-10-22(13(2)14-7-5-6-8-15(14)19)17(24)12-21-11-9-16(23)20(3)18(21)25/h5-9,11,13H,4,10,12H2,1-3H3. The summed E-state index contributed by atoms with van der Waals surface area (Å²) >= 11 is 3.53. The highest BCUT2D eigenvalue weighted by Gasteiger charge is 2.22. The molecule has 1 atom stereocenters. The van der Waals surface area contributed by atoms with E-state index in [0.29, 0.717) is 6.54 Å². The van der Waals surface area contributed by atoms with Gasteiger partial charge in [0.25, 0.3) is 5.56 Å². The van der Waals surface area contributed by atoms with Crippen LogP contribution in [0.3, 0.4) is 0 Å². The second kappa shape index (κ2) is 8.29. The Morgan fingerprint density at radius 3 is 2.56 bits per heavy atom. The van der Waals surface area contributed by atoms with Crippen LogP contribution in [0, 0.1) is 0 Å². The Kier molecular flexibility index (Phi) is 6.36. The zero-order valence-corrected chi connectivity index (χ0v) is 16.2. The van der Waals surface area contributed by atoms with Gasteiger partial charge in [-0.15, -0.1) is 0 Å². The third-order valence-corrected chi connectivity index (χ3v) is 4.90. The number of hydrogen-bond donors (Lipinski definition) is 0. The fraction of sp³-hybridized carbons (Fsp3) is 0.389. The highest BCUT2D eigenvalue weighted by Crippen LogP contribution is 2.27. The quantitative estimate of drug-likeness (QED) is 0.737. The highest BCUT2D eigenvalue weighted by molar-refractivity contribution is 9.10. The third-order valence-electron chi connectivity index (χ3n) is 4.17. The Hall–Kier alpha value is -2.15. The van der Waals surface area contributed by atoms with Gasteiger partial charge >= 0.3 is 5.69 Å². The van der Waals surface area contributed by atoms with Crippen LogP contribution in [0.25, 0.3) is 0 Å². The van der Waals surface area contributed by atoms with Gasteiger partial charge in [0.2, 0.25) is 5.91 Å². The highest BCUT2D eigenvalue weighted by atomic mass is 79.9. The Morgan fingerprint density at radius 1 is 1.24 bits per heavy atom. The largest absolute Gasteiger partial charge is 0.334 e. The first kappa shape index (κ1) is 19.2. The first-order chi connectivity index (χ1) is 11.9. The Balaban J connectivity index is 2.30. The van der Waals surface area contributed by atoms with Crippen molar-refractivity contribution in [2.75, 3.05) is 6.54 Å². The molecule has 0 saturated carbocycles. The molecular weight excluding hydrogens is 386 g/mol. The van der Waals surface area contributed by atoms with Crippen LogP contribution in [0.15, 0.2) is 50.6 Å². The van der Waals surface area contributed by atoms with Gasteiger partial charge in [0.15, 0.2) is 0 Å². The lowest BCUT2D eigenvalue weighted by atomic mass is 10.1. The molecule has 0 aliphatic heterocycles. The normalized spacial score (nSPS) is 12.0. The molecule has 0 radical (unpaired) electrons. The summed E-state index contributed by atoms with van der Waals surface area (Å²) in [7, 11) is 1.40. The first-order valence-corrected chi connectivity index (χ1v) is 8.96. The molecule has 2 aromatic rings. The van der Waals surface area contributed by atoms with Gasteiger partial charge in [0, 0.05) is 30.3 Å². The summed E-state index contributed by atoms with van der Waals surface area (Å²) in [6, 6.07) is 8.93. The molecule has 1 aromatic heterocycles. The summed E-state index contributed by atoms with van der Waals surface area (Å²) in [5.74, 6) is -0.161. The number of nitrogens with zero attached hydrogens (tertiary/aromatic N) is 3. The summed E-state index contributed by atoms with van der Waals surface area (Å²) in [6.07, 6.45) is 2.18. The van der Waals surface area contributed by atoms with Crippen LogP contribution in [0.5, 0.6) is 0 Å². The summed E-state index contributed by atoms with van der Waals surface area (Å²) in [6.45, 7) is 4.46. The van der Waals surface area contributed by atoms with Crippen LogP contribution < -0.4 is 11.2 Å². The Morgan fingerprint density at radius 2 is 1.92 bits per heavy atom. The van der Waals surface area contributed by atoms with Crippen molar-refractivity contribution in [3.05, 3.63) is 67.4 Å². The molecule has 0 fully saturated rings. The SMILES string of the molecule is CCCN(C(=O)Cn1ccc(=O)n(C)c1=O)C(C)c1ccccc1Br. The molecule has 0 saturated heterocycles. The number of hydrogen-bond acceptors (Lipinski definition) is 3. The van der Waals surface area contributed by atoms with Gasteiger partial charge in [-0.3, -0.25) is 18.7 Å². The van der Waals surface area contributed by atoms with Crippen molar-refractivity contribution in [1.29, 1.82) is 0 Å². The maximum absolute atomic E-state index is 12.8. The summed E-state index contributed by atoms with van der Waals surface area (Å²) < 4.78 is 3.20. The molecule has 0 aliphatic rings. The fourth-order valence-corrected chi connectivity index (χ4v) is 3.35. The van der Waals surface area contributed by atoms with E-state index in [-0.39, 0.29) is 24.1 Å². The van der Waals surface area contributed by atoms with Crippen LogP contribution in [0.1, 0.15) is 31.9 Å². The molecule has 0 spiro atoms. The van der Waals surface area contributed by atoms with Gasteiger partial charge in [-0.2, -0.15) is 0 Å². The zero-order chi connectivity index (χ0) is 18.6. The van der Waals surface area contributed by atoms with Crippen molar-refractivity contribution in [3.8, 4) is 0 Å². The van der Waals surface area contributed by atoms with E-state index in [1.807, 2.05) is 38.1 Å². The molecule has 0 bridgehead atoms. The minimum Gasteiger partial charge on any atom is -0.334 e. The number of amides is 1. The smallest absolute Gasteiger partial charge is 0.331 e. The molecule has 1 amide bonds. The monoisotopic (exact) mass is 407 g/mol. The van der Waals surface area contributed by atoms with Crippen molar-refractivity contribution in [1.82, 2.24) is 14.0 Å². The number of carbonyl (C=O) groups excluding carboxylic acids is 1. The van der Waals surface area contributed by atoms with Crippen LogP contribution >= 0.6 is 15.9 Å². The van der Waals surface area contributed by atoms with Gasteiger partial charge in [-0.25, -0.2) is 4.79 Å². The van der Waals surface area contributed by atoms with Gasteiger partial charge in [0.1, 0.15) is 6.54 Å². The van der Waals surface area contributed by atoms with Crippen LogP contribution in [-0.4, -0.2) is 26.5 Å². The zero-order valence-electron chi connectivity index (χ0n) is 14.6. The van der Waals surface area contributed by atoms with Gasteiger partial charge in [-0.1, -0.05) is 41.1 Å². The third kappa shape index (κ3) is 4.28. The summed E-state index contributed by atoms with van der Waals surface area (Å²) in [5.41, 5.74) is 0.128. The number of rotatable bonds is 6. The molecule has 1 heterocycles. The number of carbonyl (C=O) groups is 1. The predicted molar refractivity (Wildman–Crippen MR) is 101 cm³/mol. The van der Waals surface area contributed by atoms with Gasteiger partial charge < -0.3 is 4.90 Å². The maximum atomic E-state index is 12.8. The molecule has 0 N–H and O–H groups in total. The number of halogens is 1. The summed E-state index contributed by atoms with van der Waals surface area (Å²) in [4.78, 5) is 38.2. The van der Waals surface area contributed by atoms with E-state index < -0.39 is 5.69 Å². The molecule has 1 aromatic carbocycles. The van der Waals surface area contributed by atoms with Gasteiger partial charge in [0.05, 0.1) is 6.04 Å². The van der Waals surface area contributed by atoms with E-state index in [9.17, 15) is 14.4 Å². The topological polar surface area (TPSA) is 64.3 Å². The van der Waals surface area contributed by atoms with Crippen molar-refractivity contribution in [2.24, 2.45) is 7.05 Å². The molecular formula is C18H22BrN3O3. The van der Waals surface area contributed by atoms with E-state index in [1.54, 1.807) is 4.90 Å². The molecule has 134 valence electrons. The van der Waals surface area contributed by atoms with E-state index in [0.717, 1.165) is 21.0 Å². The van der Waals surface area contributed by atoms with E-state index in [2.05, 4.69) is 15.9 Å². The minimum absolute atomic E-state index is 0.0955. The van der Waals surface area contributed by atoms with Crippen molar-refractivity contribution in [3.63, 3.8) is 0 Å². The van der Waals surface area contributed by atoms with E-state index in [1.165, 1.54) is 23.9 Å². The van der Waals surface area contributed by atoms with Gasteiger partial charge in [-0.05, 0) is 25.0 Å². The van der Waals surface area contributed by atoms with Crippen LogP contribution in [0.2, 0.25) is 0 Å². The molecule has 2 rings (SSSR count). The number of benzene rings is 1. The predicted octanol–water partition coefficient (Wildman–Crippen LogP) is 2.31. The lowest BCUT2D eigenvalue weighted by molar-refractivity contribution is -0.134.